The highest BCUT2D eigenvalue weighted by molar-refractivity contribution is 7.92. The summed E-state index contributed by atoms with van der Waals surface area (Å²) in [6, 6.07) is 16.5. The minimum atomic E-state index is -3.31. The number of hydrogen-bond donors (Lipinski definition) is 2. The van der Waals surface area contributed by atoms with E-state index in [0.717, 1.165) is 30.7 Å². The van der Waals surface area contributed by atoms with Crippen LogP contribution in [0, 0.1) is 0 Å². The molecule has 2 unspecified atom stereocenters. The van der Waals surface area contributed by atoms with Crippen molar-refractivity contribution in [2.45, 2.75) is 31.5 Å². The zero-order chi connectivity index (χ0) is 20.1. The van der Waals surface area contributed by atoms with Crippen molar-refractivity contribution in [1.29, 1.82) is 0 Å². The molecule has 0 spiro atoms. The maximum absolute atomic E-state index is 11.9. The smallest absolute Gasteiger partial charge is 0.231 e. The summed E-state index contributed by atoms with van der Waals surface area (Å²) in [6.45, 7) is 1.61. The quantitative estimate of drug-likeness (QED) is 0.744. The van der Waals surface area contributed by atoms with E-state index in [9.17, 15) is 8.42 Å². The zero-order valence-corrected chi connectivity index (χ0v) is 17.5. The van der Waals surface area contributed by atoms with Crippen LogP contribution in [0.25, 0.3) is 0 Å². The summed E-state index contributed by atoms with van der Waals surface area (Å²) in [5.74, 6) is 0.748. The first-order valence-corrected chi connectivity index (χ1v) is 11.4. The number of sulfonamides is 1. The van der Waals surface area contributed by atoms with Gasteiger partial charge in [0.2, 0.25) is 10.0 Å². The molecule has 0 bridgehead atoms. The van der Waals surface area contributed by atoms with Gasteiger partial charge in [-0.05, 0) is 43.1 Å². The van der Waals surface area contributed by atoms with Crippen LogP contribution in [0.2, 0.25) is 0 Å². The van der Waals surface area contributed by atoms with Gasteiger partial charge < -0.3 is 15.4 Å². The second-order valence-electron chi connectivity index (χ2n) is 7.20. The van der Waals surface area contributed by atoms with Crippen molar-refractivity contribution in [2.24, 2.45) is 0 Å². The van der Waals surface area contributed by atoms with Gasteiger partial charge in [-0.15, -0.1) is 0 Å². The summed E-state index contributed by atoms with van der Waals surface area (Å²) in [6.07, 6.45) is 3.40. The number of nitrogens with zero attached hydrogens (tertiary/aromatic N) is 1. The summed E-state index contributed by atoms with van der Waals surface area (Å²) >= 11 is 0. The lowest BCUT2D eigenvalue weighted by Crippen LogP contribution is -2.45. The molecule has 2 N–H and O–H groups in total. The summed E-state index contributed by atoms with van der Waals surface area (Å²) < 4.78 is 30.5. The van der Waals surface area contributed by atoms with Gasteiger partial charge in [0.25, 0.3) is 0 Å². The molecule has 1 aliphatic rings. The molecule has 0 aliphatic carbocycles. The third-order valence-electron chi connectivity index (χ3n) is 5.30. The lowest BCUT2D eigenvalue weighted by molar-refractivity contribution is 0.303. The van der Waals surface area contributed by atoms with E-state index in [2.05, 4.69) is 34.9 Å². The third kappa shape index (κ3) is 4.84. The highest BCUT2D eigenvalue weighted by atomic mass is 32.2. The number of rotatable bonds is 7. The average molecular weight is 404 g/mol. The number of benzene rings is 2. The molecule has 2 atom stereocenters. The van der Waals surface area contributed by atoms with Crippen LogP contribution >= 0.6 is 0 Å². The Labute approximate surface area is 168 Å². The molecule has 0 aromatic heterocycles. The first kappa shape index (κ1) is 20.6. The second-order valence-corrected chi connectivity index (χ2v) is 9.21. The average Bonchev–Trinajstić information content (AvgIpc) is 2.71. The molecule has 152 valence electrons. The Balaban J connectivity index is 1.78. The molecule has 28 heavy (non-hydrogen) atoms. The van der Waals surface area contributed by atoms with Crippen LogP contribution in [0.1, 0.15) is 30.0 Å². The Morgan fingerprint density at radius 1 is 1.21 bits per heavy atom. The minimum Gasteiger partial charge on any atom is -0.496 e. The molecule has 1 aliphatic heterocycles. The Bertz CT molecular complexity index is 887. The number of ether oxygens (including phenoxy) is 1. The standard InChI is InChI=1S/C21H29N3O3S/c1-24(28(3,25)26)18-11-12-20(27-2)17(14-18)15-23-19-10-7-13-22-21(19)16-8-5-4-6-9-16/h4-6,8-9,11-12,14,19,21-23H,7,10,13,15H2,1-3H3. The SMILES string of the molecule is COc1ccc(N(C)S(C)(=O)=O)cc1CNC1CCCNC1c1ccccc1. The third-order valence-corrected chi connectivity index (χ3v) is 6.50. The molecule has 2 aromatic carbocycles. The van der Waals surface area contributed by atoms with Crippen LogP contribution in [-0.2, 0) is 16.6 Å². The van der Waals surface area contributed by atoms with E-state index in [4.69, 9.17) is 4.74 Å². The number of methoxy groups -OCH3 is 1. The van der Waals surface area contributed by atoms with Gasteiger partial charge in [0.15, 0.2) is 0 Å². The van der Waals surface area contributed by atoms with Crippen LogP contribution in [0.5, 0.6) is 5.75 Å². The monoisotopic (exact) mass is 403 g/mol. The van der Waals surface area contributed by atoms with E-state index >= 15 is 0 Å². The minimum absolute atomic E-state index is 0.253. The fourth-order valence-electron chi connectivity index (χ4n) is 3.65. The van der Waals surface area contributed by atoms with Gasteiger partial charge in [-0.1, -0.05) is 30.3 Å². The van der Waals surface area contributed by atoms with E-state index in [1.54, 1.807) is 20.2 Å². The Morgan fingerprint density at radius 3 is 2.64 bits per heavy atom. The highest BCUT2D eigenvalue weighted by Crippen LogP contribution is 2.28. The number of hydrogen-bond acceptors (Lipinski definition) is 5. The van der Waals surface area contributed by atoms with E-state index in [1.165, 1.54) is 16.1 Å². The summed E-state index contributed by atoms with van der Waals surface area (Å²) in [5, 5.41) is 7.27. The first-order chi connectivity index (χ1) is 13.4. The molecule has 6 nitrogen and oxygen atoms in total. The van der Waals surface area contributed by atoms with Crippen molar-refractivity contribution < 1.29 is 13.2 Å². The summed E-state index contributed by atoms with van der Waals surface area (Å²) in [4.78, 5) is 0. The van der Waals surface area contributed by atoms with E-state index < -0.39 is 10.0 Å². The maximum Gasteiger partial charge on any atom is 0.231 e. The molecular weight excluding hydrogens is 374 g/mol. The van der Waals surface area contributed by atoms with Gasteiger partial charge in [0.1, 0.15) is 5.75 Å². The van der Waals surface area contributed by atoms with Crippen LogP contribution in [0.4, 0.5) is 5.69 Å². The van der Waals surface area contributed by atoms with Crippen molar-refractivity contribution in [3.05, 3.63) is 59.7 Å². The van der Waals surface area contributed by atoms with Crippen LogP contribution < -0.4 is 19.7 Å². The largest absolute Gasteiger partial charge is 0.496 e. The van der Waals surface area contributed by atoms with Crippen molar-refractivity contribution in [3.63, 3.8) is 0 Å². The van der Waals surface area contributed by atoms with Gasteiger partial charge in [-0.25, -0.2) is 8.42 Å². The second kappa shape index (κ2) is 8.94. The first-order valence-electron chi connectivity index (χ1n) is 9.52. The molecule has 0 amide bonds. The maximum atomic E-state index is 11.9. The topological polar surface area (TPSA) is 70.7 Å². The van der Waals surface area contributed by atoms with Gasteiger partial charge >= 0.3 is 0 Å². The van der Waals surface area contributed by atoms with Crippen molar-refractivity contribution in [3.8, 4) is 5.75 Å². The summed E-state index contributed by atoms with van der Waals surface area (Å²) in [5.41, 5.74) is 2.84. The Hall–Kier alpha value is -2.09. The van der Waals surface area contributed by atoms with Crippen LogP contribution in [0.15, 0.2) is 48.5 Å². The number of anilines is 1. The number of piperidine rings is 1. The normalized spacial score (nSPS) is 20.0. The van der Waals surface area contributed by atoms with Crippen LogP contribution in [0.3, 0.4) is 0 Å². The van der Waals surface area contributed by atoms with Crippen molar-refractivity contribution in [1.82, 2.24) is 10.6 Å². The molecule has 1 fully saturated rings. The van der Waals surface area contributed by atoms with Crippen molar-refractivity contribution in [2.75, 3.05) is 31.3 Å². The van der Waals surface area contributed by atoms with Gasteiger partial charge in [-0.3, -0.25) is 4.31 Å². The molecule has 2 aromatic rings. The van der Waals surface area contributed by atoms with Crippen LogP contribution in [-0.4, -0.2) is 41.4 Å². The lowest BCUT2D eigenvalue weighted by atomic mass is 9.92. The molecular formula is C21H29N3O3S. The zero-order valence-electron chi connectivity index (χ0n) is 16.7. The van der Waals surface area contributed by atoms with E-state index in [-0.39, 0.29) is 12.1 Å². The fourth-order valence-corrected chi connectivity index (χ4v) is 4.15. The van der Waals surface area contributed by atoms with Gasteiger partial charge in [0.05, 0.1) is 19.1 Å². The molecule has 1 saturated heterocycles. The Morgan fingerprint density at radius 2 is 1.96 bits per heavy atom. The molecule has 7 heteroatoms. The molecule has 3 rings (SSSR count). The predicted molar refractivity (Wildman–Crippen MR) is 113 cm³/mol. The lowest BCUT2D eigenvalue weighted by Gasteiger charge is -2.34. The number of nitrogens with one attached hydrogen (secondary N) is 2. The summed E-state index contributed by atoms with van der Waals surface area (Å²) in [7, 11) is -0.117. The Kier molecular flexibility index (Phi) is 6.59. The van der Waals surface area contributed by atoms with E-state index in [0.29, 0.717) is 12.2 Å². The molecule has 0 radical (unpaired) electrons. The fraction of sp³-hybridized carbons (Fsp3) is 0.429. The van der Waals surface area contributed by atoms with Gasteiger partial charge in [0, 0.05) is 31.2 Å². The van der Waals surface area contributed by atoms with Crippen molar-refractivity contribution >= 4 is 15.7 Å². The molecule has 0 saturated carbocycles. The predicted octanol–water partition coefficient (Wildman–Crippen LogP) is 2.67. The molecule has 1 heterocycles. The van der Waals surface area contributed by atoms with Gasteiger partial charge in [-0.2, -0.15) is 0 Å². The highest BCUT2D eigenvalue weighted by Gasteiger charge is 2.26. The van der Waals surface area contributed by atoms with E-state index in [1.807, 2.05) is 18.2 Å².